The average Bonchev–Trinajstić information content (AvgIpc) is 3.92. The first-order valence-electron chi connectivity index (χ1n) is 22.5. The third-order valence-electron chi connectivity index (χ3n) is 10.5. The SMILES string of the molecule is C[Si](C)=[Zr+2].C[Si](C)=[Zr+2].Cc1cc2c(C(C)(C)C)cccc2[cH-]1.Cc1cc2c(C(C)(C)C)cccc2[cH-]1.Cc1cc2c(C(C)C)cccc2[cH-]1.Cc1cc2c(C(C)C)cccc2[cH-]1.Cl.Cl.Cl.Cl. The summed E-state index contributed by atoms with van der Waals surface area (Å²) in [5.41, 5.74) is 12.2. The molecule has 0 aliphatic heterocycles. The fraction of sp³-hybridized carbons (Fsp3) is 0.379. The molecule has 0 nitrogen and oxygen atoms in total. The van der Waals surface area contributed by atoms with Gasteiger partial charge < -0.3 is 0 Å². The van der Waals surface area contributed by atoms with Gasteiger partial charge in [0.05, 0.1) is 0 Å². The summed E-state index contributed by atoms with van der Waals surface area (Å²) in [7, 11) is 0. The van der Waals surface area contributed by atoms with Crippen LogP contribution in [0.15, 0.2) is 121 Å². The Morgan fingerprint density at radius 3 is 0.833 bits per heavy atom. The van der Waals surface area contributed by atoms with Crippen LogP contribution in [-0.2, 0) is 57.5 Å². The van der Waals surface area contributed by atoms with E-state index in [1.807, 2.05) is 0 Å². The zero-order chi connectivity index (χ0) is 46.7. The Bertz CT molecular complexity index is 2500. The Morgan fingerprint density at radius 2 is 0.606 bits per heavy atom. The molecule has 0 saturated heterocycles. The van der Waals surface area contributed by atoms with Crippen LogP contribution in [0.5, 0.6) is 0 Å². The molecule has 8 rings (SSSR count). The van der Waals surface area contributed by atoms with Crippen LogP contribution >= 0.6 is 49.6 Å². The van der Waals surface area contributed by atoms with Gasteiger partial charge in [0.25, 0.3) is 0 Å². The van der Waals surface area contributed by atoms with Crippen molar-refractivity contribution in [2.75, 3.05) is 0 Å². The van der Waals surface area contributed by atoms with Crippen LogP contribution < -0.4 is 0 Å². The first-order chi connectivity index (χ1) is 28.8. The van der Waals surface area contributed by atoms with Crippen molar-refractivity contribution in [1.29, 1.82) is 0 Å². The molecule has 0 fully saturated rings. The van der Waals surface area contributed by atoms with E-state index in [9.17, 15) is 0 Å². The number of rotatable bonds is 2. The zero-order valence-electron chi connectivity index (χ0n) is 43.3. The van der Waals surface area contributed by atoms with Gasteiger partial charge in [-0.25, -0.2) is 0 Å². The van der Waals surface area contributed by atoms with E-state index in [1.54, 1.807) is 46.7 Å². The van der Waals surface area contributed by atoms with Gasteiger partial charge >= 0.3 is 83.7 Å². The van der Waals surface area contributed by atoms with Gasteiger partial charge in [-0.1, -0.05) is 143 Å². The summed E-state index contributed by atoms with van der Waals surface area (Å²) in [4.78, 5) is 0. The maximum absolute atomic E-state index is 2.31. The minimum Gasteiger partial charge on any atom is -0.165 e. The molecule has 8 aromatic carbocycles. The summed E-state index contributed by atoms with van der Waals surface area (Å²) in [5, 5.41) is 11.2. The van der Waals surface area contributed by atoms with E-state index in [0.717, 1.165) is 0 Å². The second-order valence-corrected chi connectivity index (χ2v) is 39.0. The van der Waals surface area contributed by atoms with Gasteiger partial charge in [0.1, 0.15) is 0 Å². The molecule has 0 N–H and O–H groups in total. The molecular weight excluding hydrogens is 1080 g/mol. The van der Waals surface area contributed by atoms with E-state index < -0.39 is 0 Å². The maximum atomic E-state index is 2.31. The second-order valence-electron chi connectivity index (χ2n) is 20.3. The number of halogens is 4. The van der Waals surface area contributed by atoms with Crippen molar-refractivity contribution < 1.29 is 46.7 Å². The van der Waals surface area contributed by atoms with Crippen LogP contribution in [0.3, 0.4) is 0 Å². The fourth-order valence-corrected chi connectivity index (χ4v) is 7.90. The van der Waals surface area contributed by atoms with Gasteiger partial charge in [0.2, 0.25) is 0 Å². The number of benzene rings is 4. The summed E-state index contributed by atoms with van der Waals surface area (Å²) >= 11 is 3.48. The molecule has 8 aromatic rings. The number of fused-ring (bicyclic) bond motifs is 4. The standard InChI is InChI=1S/2C14H17.2C13H15.2C2H6Si.4ClH.2Zr/c2*1-10-8-11-6-5-7-13(12(11)9-10)14(2,3)4;2*1-9(2)12-6-4-5-11-7-10(3)8-13(11)12;2*1-3-2;;;;;;/h2*5-9H,1-4H3;2*4-9H,1-3H3;2*1-2H3;4*1H;;/q4*-1;;;;;;;2*+2. The van der Waals surface area contributed by atoms with E-state index in [1.165, 1.54) is 87.6 Å². The number of aryl methyl sites for hydroxylation is 4. The Balaban J connectivity index is 0. The largest absolute Gasteiger partial charge is 0.165 e. The quantitative estimate of drug-likeness (QED) is 0.120. The third-order valence-corrected chi connectivity index (χ3v) is 10.5. The second kappa shape index (κ2) is 30.4. The van der Waals surface area contributed by atoms with Crippen molar-refractivity contribution in [2.45, 2.75) is 146 Å². The van der Waals surface area contributed by atoms with E-state index >= 15 is 0 Å². The van der Waals surface area contributed by atoms with Crippen molar-refractivity contribution in [3.63, 3.8) is 0 Å². The van der Waals surface area contributed by atoms with E-state index in [-0.39, 0.29) is 71.3 Å². The minimum atomic E-state index is 0. The molecule has 0 aliphatic carbocycles. The van der Waals surface area contributed by atoms with Gasteiger partial charge in [-0.2, -0.15) is 24.3 Å². The summed E-state index contributed by atoms with van der Waals surface area (Å²) in [6, 6.07) is 44.5. The van der Waals surface area contributed by atoms with Gasteiger partial charge in [-0.15, -0.1) is 188 Å². The van der Waals surface area contributed by atoms with Crippen molar-refractivity contribution in [2.24, 2.45) is 0 Å². The fourth-order valence-electron chi connectivity index (χ4n) is 7.90. The number of hydrogen-bond acceptors (Lipinski definition) is 0. The molecule has 0 radical (unpaired) electrons. The predicted octanol–water partition coefficient (Wildman–Crippen LogP) is 19.6. The van der Waals surface area contributed by atoms with Gasteiger partial charge in [-0.3, -0.25) is 0 Å². The van der Waals surface area contributed by atoms with Crippen LogP contribution in [-0.4, -0.2) is 10.9 Å². The zero-order valence-corrected chi connectivity index (χ0v) is 53.5. The molecule has 0 saturated carbocycles. The molecule has 0 bridgehead atoms. The molecule has 356 valence electrons. The van der Waals surface area contributed by atoms with E-state index in [2.05, 4.69) is 244 Å². The van der Waals surface area contributed by atoms with Crippen LogP contribution in [0, 0.1) is 27.7 Å². The maximum Gasteiger partial charge on any atom is -0.0220 e. The first kappa shape index (κ1) is 66.8. The van der Waals surface area contributed by atoms with Gasteiger partial charge in [-0.05, 0) is 22.7 Å². The molecule has 0 unspecified atom stereocenters. The predicted molar refractivity (Wildman–Crippen MR) is 307 cm³/mol. The van der Waals surface area contributed by atoms with Crippen molar-refractivity contribution in [3.8, 4) is 0 Å². The van der Waals surface area contributed by atoms with Crippen molar-refractivity contribution in [1.82, 2.24) is 0 Å². The smallest absolute Gasteiger partial charge is 0.0220 e. The minimum absolute atomic E-state index is 0. The Kier molecular flexibility index (Phi) is 30.8. The van der Waals surface area contributed by atoms with Gasteiger partial charge in [0, 0.05) is 0 Å². The molecule has 0 atom stereocenters. The topological polar surface area (TPSA) is 0 Å². The summed E-state index contributed by atoms with van der Waals surface area (Å²) in [6.07, 6.45) is 0. The normalized spacial score (nSPS) is 10.5. The molecule has 0 aliphatic rings. The first-order valence-corrected chi connectivity index (χ1v) is 34.9. The Morgan fingerprint density at radius 1 is 0.394 bits per heavy atom. The number of hydrogen-bond donors (Lipinski definition) is 0. The molecular formula is C58H80Cl4Si2Zr2. The molecule has 0 heterocycles. The summed E-state index contributed by atoms with van der Waals surface area (Å²) in [5.74, 6) is 1.23. The van der Waals surface area contributed by atoms with E-state index in [0.29, 0.717) is 11.8 Å². The Hall–Kier alpha value is -1.32. The average molecular weight is 1160 g/mol. The van der Waals surface area contributed by atoms with Crippen LogP contribution in [0.2, 0.25) is 26.2 Å². The Labute approximate surface area is 457 Å². The van der Waals surface area contributed by atoms with Crippen LogP contribution in [0.1, 0.15) is 126 Å². The molecule has 0 spiro atoms. The van der Waals surface area contributed by atoms with E-state index in [4.69, 9.17) is 0 Å². The van der Waals surface area contributed by atoms with Crippen LogP contribution in [0.25, 0.3) is 43.1 Å². The molecule has 0 aromatic heterocycles. The summed E-state index contributed by atoms with van der Waals surface area (Å²) in [6.45, 7) is 40.5. The monoisotopic (exact) mass is 1150 g/mol. The summed E-state index contributed by atoms with van der Waals surface area (Å²) < 4.78 is 0. The molecule has 0 amide bonds. The van der Waals surface area contributed by atoms with Crippen LogP contribution in [0.4, 0.5) is 0 Å². The van der Waals surface area contributed by atoms with Crippen molar-refractivity contribution >= 4 is 104 Å². The molecule has 8 heteroatoms. The molecule has 66 heavy (non-hydrogen) atoms. The van der Waals surface area contributed by atoms with Crippen molar-refractivity contribution in [3.05, 3.63) is 166 Å². The van der Waals surface area contributed by atoms with Gasteiger partial charge in [0.15, 0.2) is 0 Å². The third kappa shape index (κ3) is 21.0.